The minimum Gasteiger partial charge on any atom is -0.307 e. The van der Waals surface area contributed by atoms with Crippen LogP contribution in [0.3, 0.4) is 0 Å². The maximum atomic E-state index is 3.87. The summed E-state index contributed by atoms with van der Waals surface area (Å²) in [4.78, 5) is 0. The summed E-state index contributed by atoms with van der Waals surface area (Å²) in [6.07, 6.45) is 8.40. The highest BCUT2D eigenvalue weighted by Crippen LogP contribution is 2.49. The van der Waals surface area contributed by atoms with Crippen LogP contribution < -0.4 is 5.32 Å². The number of hydrogen-bond acceptors (Lipinski definition) is 1. The Morgan fingerprint density at radius 3 is 2.13 bits per heavy atom. The van der Waals surface area contributed by atoms with Gasteiger partial charge in [-0.1, -0.05) is 73.9 Å². The van der Waals surface area contributed by atoms with Crippen LogP contribution in [0.4, 0.5) is 0 Å². The molecule has 0 radical (unpaired) electrons. The van der Waals surface area contributed by atoms with Crippen LogP contribution in [-0.4, -0.2) is 6.54 Å². The van der Waals surface area contributed by atoms with E-state index in [1.807, 2.05) is 0 Å². The molecule has 0 amide bonds. The lowest BCUT2D eigenvalue weighted by Gasteiger charge is -2.34. The third kappa shape index (κ3) is 2.83. The van der Waals surface area contributed by atoms with Gasteiger partial charge in [0.15, 0.2) is 0 Å². The third-order valence-electron chi connectivity index (χ3n) is 6.13. The maximum Gasteiger partial charge on any atom is 0.0412 e. The zero-order valence-corrected chi connectivity index (χ0v) is 14.1. The molecular weight excluding hydrogens is 278 g/mol. The van der Waals surface area contributed by atoms with E-state index in [4.69, 9.17) is 0 Å². The Balaban J connectivity index is 1.56. The fourth-order valence-corrected chi connectivity index (χ4v) is 4.78. The molecule has 23 heavy (non-hydrogen) atoms. The number of nitrogens with one attached hydrogen (secondary N) is 1. The molecular formula is C22H27N. The van der Waals surface area contributed by atoms with Gasteiger partial charge in [-0.2, -0.15) is 0 Å². The summed E-state index contributed by atoms with van der Waals surface area (Å²) < 4.78 is 0. The normalized spacial score (nSPS) is 26.5. The Kier molecular flexibility index (Phi) is 3.77. The van der Waals surface area contributed by atoms with Crippen molar-refractivity contribution in [2.24, 2.45) is 5.41 Å². The van der Waals surface area contributed by atoms with Crippen LogP contribution in [0, 0.1) is 5.41 Å². The summed E-state index contributed by atoms with van der Waals surface area (Å²) in [5.74, 6) is 0. The predicted octanol–water partition coefficient (Wildman–Crippen LogP) is 5.51. The molecule has 1 saturated heterocycles. The van der Waals surface area contributed by atoms with Crippen molar-refractivity contribution >= 4 is 0 Å². The summed E-state index contributed by atoms with van der Waals surface area (Å²) in [7, 11) is 0. The standard InChI is InChI=1S/C22H27N/c1-21(16-22(17-23-21)14-6-3-7-15-22)20-12-10-19(11-13-20)18-8-4-2-5-9-18/h2,4-5,8-13,23H,3,6-7,14-17H2,1H3/t21-/m0/s1. The first-order chi connectivity index (χ1) is 11.2. The van der Waals surface area contributed by atoms with E-state index in [0.29, 0.717) is 5.41 Å². The van der Waals surface area contributed by atoms with Gasteiger partial charge in [-0.05, 0) is 48.3 Å². The molecule has 4 rings (SSSR count). The van der Waals surface area contributed by atoms with Gasteiger partial charge in [0, 0.05) is 12.1 Å². The number of hydrogen-bond donors (Lipinski definition) is 1. The second-order valence-corrected chi connectivity index (χ2v) is 7.87. The maximum absolute atomic E-state index is 3.87. The second-order valence-electron chi connectivity index (χ2n) is 7.87. The summed E-state index contributed by atoms with van der Waals surface area (Å²) in [6, 6.07) is 19.9. The number of rotatable bonds is 2. The third-order valence-corrected chi connectivity index (χ3v) is 6.13. The molecule has 1 spiro atoms. The summed E-state index contributed by atoms with van der Waals surface area (Å²) in [5, 5.41) is 3.87. The van der Waals surface area contributed by atoms with Crippen molar-refractivity contribution in [3.63, 3.8) is 0 Å². The molecule has 0 bridgehead atoms. The highest BCUT2D eigenvalue weighted by molar-refractivity contribution is 5.63. The molecule has 1 aliphatic heterocycles. The quantitative estimate of drug-likeness (QED) is 0.771. The van der Waals surface area contributed by atoms with E-state index in [1.54, 1.807) is 0 Å². The molecule has 2 aliphatic rings. The Morgan fingerprint density at radius 2 is 1.43 bits per heavy atom. The average Bonchev–Trinajstić information content (AvgIpc) is 2.94. The highest BCUT2D eigenvalue weighted by atomic mass is 15.0. The average molecular weight is 305 g/mol. The predicted molar refractivity (Wildman–Crippen MR) is 97.4 cm³/mol. The molecule has 1 N–H and O–H groups in total. The SMILES string of the molecule is C[C@@]1(c2ccc(-c3ccccc3)cc2)CC2(CCCCC2)CN1. The first-order valence-corrected chi connectivity index (χ1v) is 9.10. The van der Waals surface area contributed by atoms with Gasteiger partial charge in [-0.3, -0.25) is 0 Å². The van der Waals surface area contributed by atoms with Crippen LogP contribution in [0.25, 0.3) is 11.1 Å². The zero-order chi connectivity index (χ0) is 15.8. The largest absolute Gasteiger partial charge is 0.307 e. The van der Waals surface area contributed by atoms with Crippen molar-refractivity contribution in [2.75, 3.05) is 6.54 Å². The van der Waals surface area contributed by atoms with Crippen molar-refractivity contribution in [2.45, 2.75) is 51.0 Å². The Bertz CT molecular complexity index is 652. The first kappa shape index (κ1) is 15.0. The topological polar surface area (TPSA) is 12.0 Å². The van der Waals surface area contributed by atoms with Gasteiger partial charge in [0.2, 0.25) is 0 Å². The first-order valence-electron chi connectivity index (χ1n) is 9.10. The highest BCUT2D eigenvalue weighted by Gasteiger charge is 2.46. The Labute approximate surface area is 140 Å². The van der Waals surface area contributed by atoms with Crippen molar-refractivity contribution in [1.82, 2.24) is 5.32 Å². The van der Waals surface area contributed by atoms with E-state index in [2.05, 4.69) is 66.8 Å². The Hall–Kier alpha value is -1.60. The van der Waals surface area contributed by atoms with E-state index in [9.17, 15) is 0 Å². The lowest BCUT2D eigenvalue weighted by atomic mass is 9.70. The summed E-state index contributed by atoms with van der Waals surface area (Å²) >= 11 is 0. The van der Waals surface area contributed by atoms with Gasteiger partial charge in [-0.15, -0.1) is 0 Å². The van der Waals surface area contributed by atoms with Crippen LogP contribution >= 0.6 is 0 Å². The van der Waals surface area contributed by atoms with E-state index in [1.165, 1.54) is 61.8 Å². The molecule has 120 valence electrons. The van der Waals surface area contributed by atoms with Crippen molar-refractivity contribution in [3.8, 4) is 11.1 Å². The summed E-state index contributed by atoms with van der Waals surface area (Å²) in [5.41, 5.74) is 4.76. The van der Waals surface area contributed by atoms with Crippen molar-refractivity contribution < 1.29 is 0 Å². The minimum absolute atomic E-state index is 0.145. The van der Waals surface area contributed by atoms with Crippen LogP contribution in [-0.2, 0) is 5.54 Å². The van der Waals surface area contributed by atoms with Crippen molar-refractivity contribution in [1.29, 1.82) is 0 Å². The second kappa shape index (κ2) is 5.79. The van der Waals surface area contributed by atoms with Crippen molar-refractivity contribution in [3.05, 3.63) is 60.2 Å². The van der Waals surface area contributed by atoms with Gasteiger partial charge in [0.05, 0.1) is 0 Å². The monoisotopic (exact) mass is 305 g/mol. The molecule has 1 saturated carbocycles. The van der Waals surface area contributed by atoms with E-state index < -0.39 is 0 Å². The lowest BCUT2D eigenvalue weighted by Crippen LogP contribution is -2.32. The molecule has 1 atom stereocenters. The molecule has 1 heteroatoms. The van der Waals surface area contributed by atoms with Gasteiger partial charge in [0.25, 0.3) is 0 Å². The molecule has 2 aromatic carbocycles. The smallest absolute Gasteiger partial charge is 0.0412 e. The summed E-state index contributed by atoms with van der Waals surface area (Å²) in [6.45, 7) is 3.60. The van der Waals surface area contributed by atoms with Gasteiger partial charge in [-0.25, -0.2) is 0 Å². The lowest BCUT2D eigenvalue weighted by molar-refractivity contribution is 0.201. The fraction of sp³-hybridized carbons (Fsp3) is 0.455. The van der Waals surface area contributed by atoms with Gasteiger partial charge in [0.1, 0.15) is 0 Å². The van der Waals surface area contributed by atoms with Crippen LogP contribution in [0.2, 0.25) is 0 Å². The van der Waals surface area contributed by atoms with Gasteiger partial charge < -0.3 is 5.32 Å². The van der Waals surface area contributed by atoms with Crippen LogP contribution in [0.5, 0.6) is 0 Å². The molecule has 2 fully saturated rings. The molecule has 0 aromatic heterocycles. The molecule has 0 unspecified atom stereocenters. The van der Waals surface area contributed by atoms with Gasteiger partial charge >= 0.3 is 0 Å². The molecule has 1 nitrogen and oxygen atoms in total. The van der Waals surface area contributed by atoms with Crippen LogP contribution in [0.1, 0.15) is 51.0 Å². The number of benzene rings is 2. The molecule has 1 aliphatic carbocycles. The fourth-order valence-electron chi connectivity index (χ4n) is 4.78. The molecule has 1 heterocycles. The van der Waals surface area contributed by atoms with E-state index in [-0.39, 0.29) is 5.54 Å². The zero-order valence-electron chi connectivity index (χ0n) is 14.1. The van der Waals surface area contributed by atoms with E-state index in [0.717, 1.165) is 0 Å². The van der Waals surface area contributed by atoms with E-state index >= 15 is 0 Å². The molecule has 2 aromatic rings. The van der Waals surface area contributed by atoms with Crippen LogP contribution in [0.15, 0.2) is 54.6 Å². The Morgan fingerprint density at radius 1 is 0.783 bits per heavy atom. The minimum atomic E-state index is 0.145.